The van der Waals surface area contributed by atoms with Gasteiger partial charge in [-0.3, -0.25) is 4.90 Å². The molecule has 3 fully saturated rings. The molecule has 1 aliphatic carbocycles. The van der Waals surface area contributed by atoms with Crippen LogP contribution >= 0.6 is 0 Å². The predicted octanol–water partition coefficient (Wildman–Crippen LogP) is 2.66. The highest BCUT2D eigenvalue weighted by Gasteiger charge is 2.31. The monoisotopic (exact) mass is 167 g/mol. The fraction of sp³-hybridized carbons (Fsp3) is 1.00. The van der Waals surface area contributed by atoms with Crippen LogP contribution < -0.4 is 0 Å². The molecule has 1 heteroatoms. The highest BCUT2D eigenvalue weighted by Crippen LogP contribution is 2.34. The highest BCUT2D eigenvalue weighted by atomic mass is 15.2. The van der Waals surface area contributed by atoms with Gasteiger partial charge in [0.05, 0.1) is 0 Å². The van der Waals surface area contributed by atoms with Crippen LogP contribution in [-0.2, 0) is 0 Å². The van der Waals surface area contributed by atoms with E-state index in [2.05, 4.69) is 18.7 Å². The second kappa shape index (κ2) is 3.37. The van der Waals surface area contributed by atoms with E-state index in [-0.39, 0.29) is 0 Å². The molecule has 0 aromatic heterocycles. The van der Waals surface area contributed by atoms with Crippen molar-refractivity contribution in [1.82, 2.24) is 4.90 Å². The van der Waals surface area contributed by atoms with Gasteiger partial charge >= 0.3 is 0 Å². The van der Waals surface area contributed by atoms with Crippen molar-refractivity contribution in [2.45, 2.75) is 58.0 Å². The molecule has 0 radical (unpaired) electrons. The summed E-state index contributed by atoms with van der Waals surface area (Å²) in [6.45, 7) is 6.06. The summed E-state index contributed by atoms with van der Waals surface area (Å²) in [4.78, 5) is 2.73. The standard InChI is InChI=1S/C11H21N/c1-9(2)12-8-7-10-3-5-11(12)6-4-10/h9-11H,3-8H2,1-2H3. The molecule has 0 spiro atoms. The van der Waals surface area contributed by atoms with Crippen molar-refractivity contribution in [3.8, 4) is 0 Å². The molecule has 2 heterocycles. The van der Waals surface area contributed by atoms with Crippen molar-refractivity contribution in [2.75, 3.05) is 6.54 Å². The highest BCUT2D eigenvalue weighted by molar-refractivity contribution is 4.86. The Hall–Kier alpha value is -0.0400. The van der Waals surface area contributed by atoms with Crippen LogP contribution in [0, 0.1) is 5.92 Å². The fourth-order valence-electron chi connectivity index (χ4n) is 2.96. The first kappa shape index (κ1) is 8.55. The Balaban J connectivity index is 2.05. The smallest absolute Gasteiger partial charge is 0.00981 e. The van der Waals surface area contributed by atoms with Crippen molar-refractivity contribution in [2.24, 2.45) is 5.92 Å². The molecule has 2 saturated heterocycles. The van der Waals surface area contributed by atoms with E-state index in [0.29, 0.717) is 0 Å². The minimum Gasteiger partial charge on any atom is -0.298 e. The second-order valence-electron chi connectivity index (χ2n) is 4.79. The predicted molar refractivity (Wildman–Crippen MR) is 52.2 cm³/mol. The summed E-state index contributed by atoms with van der Waals surface area (Å²) in [7, 11) is 0. The van der Waals surface area contributed by atoms with Gasteiger partial charge in [0.2, 0.25) is 0 Å². The van der Waals surface area contributed by atoms with Crippen LogP contribution in [0.1, 0.15) is 46.0 Å². The van der Waals surface area contributed by atoms with E-state index in [9.17, 15) is 0 Å². The summed E-state index contributed by atoms with van der Waals surface area (Å²) in [6.07, 6.45) is 7.43. The van der Waals surface area contributed by atoms with Crippen molar-refractivity contribution in [3.63, 3.8) is 0 Å². The third-order valence-electron chi connectivity index (χ3n) is 3.74. The molecule has 3 aliphatic rings. The van der Waals surface area contributed by atoms with E-state index in [0.717, 1.165) is 18.0 Å². The molecule has 2 aliphatic heterocycles. The van der Waals surface area contributed by atoms with E-state index < -0.39 is 0 Å². The van der Waals surface area contributed by atoms with Gasteiger partial charge in [0.15, 0.2) is 0 Å². The lowest BCUT2D eigenvalue weighted by molar-refractivity contribution is 0.148. The van der Waals surface area contributed by atoms with Crippen LogP contribution in [-0.4, -0.2) is 23.5 Å². The first-order valence-electron chi connectivity index (χ1n) is 5.53. The molecule has 0 unspecified atom stereocenters. The maximum atomic E-state index is 2.73. The minimum absolute atomic E-state index is 0.770. The molecule has 1 saturated carbocycles. The molecule has 1 nitrogen and oxygen atoms in total. The van der Waals surface area contributed by atoms with Gasteiger partial charge in [-0.25, -0.2) is 0 Å². The maximum Gasteiger partial charge on any atom is 0.00981 e. The average Bonchev–Trinajstić information content (AvgIpc) is 2.36. The molecule has 3 rings (SSSR count). The zero-order chi connectivity index (χ0) is 8.55. The van der Waals surface area contributed by atoms with Crippen LogP contribution in [0.3, 0.4) is 0 Å². The number of rotatable bonds is 1. The summed E-state index contributed by atoms with van der Waals surface area (Å²) in [5.74, 6) is 1.07. The maximum absolute atomic E-state index is 2.73. The van der Waals surface area contributed by atoms with Gasteiger partial charge in [-0.2, -0.15) is 0 Å². The lowest BCUT2D eigenvalue weighted by atomic mass is 9.86. The van der Waals surface area contributed by atoms with Crippen LogP contribution in [0.25, 0.3) is 0 Å². The van der Waals surface area contributed by atoms with Crippen molar-refractivity contribution in [1.29, 1.82) is 0 Å². The molecule has 2 bridgehead atoms. The van der Waals surface area contributed by atoms with Crippen LogP contribution in [0.15, 0.2) is 0 Å². The molecular weight excluding hydrogens is 146 g/mol. The Morgan fingerprint density at radius 3 is 2.25 bits per heavy atom. The van der Waals surface area contributed by atoms with Crippen LogP contribution in [0.5, 0.6) is 0 Å². The zero-order valence-corrected chi connectivity index (χ0v) is 8.42. The summed E-state index contributed by atoms with van der Waals surface area (Å²) in [5.41, 5.74) is 0. The quantitative estimate of drug-likeness (QED) is 0.580. The zero-order valence-electron chi connectivity index (χ0n) is 8.42. The molecule has 0 aromatic rings. The Labute approximate surface area is 76.1 Å². The van der Waals surface area contributed by atoms with E-state index >= 15 is 0 Å². The number of hydrogen-bond acceptors (Lipinski definition) is 1. The Morgan fingerprint density at radius 1 is 1.00 bits per heavy atom. The lowest BCUT2D eigenvalue weighted by Gasteiger charge is -2.33. The molecule has 0 N–H and O–H groups in total. The van der Waals surface area contributed by atoms with E-state index in [1.165, 1.54) is 38.6 Å². The van der Waals surface area contributed by atoms with Gasteiger partial charge < -0.3 is 0 Å². The Kier molecular flexibility index (Phi) is 2.40. The third-order valence-corrected chi connectivity index (χ3v) is 3.74. The molecule has 0 atom stereocenters. The first-order chi connectivity index (χ1) is 5.77. The Morgan fingerprint density at radius 2 is 1.67 bits per heavy atom. The van der Waals surface area contributed by atoms with Gasteiger partial charge in [0.1, 0.15) is 0 Å². The minimum atomic E-state index is 0.770. The number of nitrogens with zero attached hydrogens (tertiary/aromatic N) is 1. The van der Waals surface area contributed by atoms with Crippen molar-refractivity contribution < 1.29 is 0 Å². The fourth-order valence-corrected chi connectivity index (χ4v) is 2.96. The Bertz CT molecular complexity index is 145. The van der Waals surface area contributed by atoms with Crippen LogP contribution in [0.4, 0.5) is 0 Å². The first-order valence-corrected chi connectivity index (χ1v) is 5.53. The van der Waals surface area contributed by atoms with Crippen molar-refractivity contribution >= 4 is 0 Å². The molecule has 0 aromatic carbocycles. The molecule has 12 heavy (non-hydrogen) atoms. The summed E-state index contributed by atoms with van der Waals surface area (Å²) in [6, 6.07) is 1.70. The SMILES string of the molecule is CC(C)N1CCC2CCC1CC2. The molecule has 70 valence electrons. The summed E-state index contributed by atoms with van der Waals surface area (Å²) < 4.78 is 0. The topological polar surface area (TPSA) is 3.24 Å². The van der Waals surface area contributed by atoms with Gasteiger partial charge in [-0.1, -0.05) is 0 Å². The molecular formula is C11H21N. The summed E-state index contributed by atoms with van der Waals surface area (Å²) in [5, 5.41) is 0. The second-order valence-corrected chi connectivity index (χ2v) is 4.79. The third kappa shape index (κ3) is 1.52. The van der Waals surface area contributed by atoms with Crippen LogP contribution in [0.2, 0.25) is 0 Å². The normalized spacial score (nSPS) is 37.2. The van der Waals surface area contributed by atoms with Crippen molar-refractivity contribution in [3.05, 3.63) is 0 Å². The number of hydrogen-bond donors (Lipinski definition) is 0. The number of fused-ring (bicyclic) bond motifs is 4. The van der Waals surface area contributed by atoms with Gasteiger partial charge in [0, 0.05) is 12.1 Å². The van der Waals surface area contributed by atoms with E-state index in [4.69, 9.17) is 0 Å². The van der Waals surface area contributed by atoms with Gasteiger partial charge in [0.25, 0.3) is 0 Å². The van der Waals surface area contributed by atoms with E-state index in [1.54, 1.807) is 0 Å². The lowest BCUT2D eigenvalue weighted by Crippen LogP contribution is -2.39. The van der Waals surface area contributed by atoms with Gasteiger partial charge in [-0.05, 0) is 58.4 Å². The molecule has 0 amide bonds. The largest absolute Gasteiger partial charge is 0.298 e. The van der Waals surface area contributed by atoms with Gasteiger partial charge in [-0.15, -0.1) is 0 Å². The summed E-state index contributed by atoms with van der Waals surface area (Å²) >= 11 is 0. The average molecular weight is 167 g/mol. The van der Waals surface area contributed by atoms with E-state index in [1.807, 2.05) is 0 Å².